The van der Waals surface area contributed by atoms with E-state index in [1.165, 1.54) is 4.90 Å². The van der Waals surface area contributed by atoms with Gasteiger partial charge in [0.2, 0.25) is 5.91 Å². The van der Waals surface area contributed by atoms with Crippen LogP contribution in [0.15, 0.2) is 30.5 Å². The number of nitrogens with zero attached hydrogens (tertiary/aromatic N) is 3. The third-order valence-electron chi connectivity index (χ3n) is 5.29. The number of aromatic nitrogens is 1. The minimum absolute atomic E-state index is 0.0479. The number of hydrogen-bond donors (Lipinski definition) is 0. The molecule has 0 spiro atoms. The number of carbonyl (C=O) groups is 3. The van der Waals surface area contributed by atoms with E-state index in [-0.39, 0.29) is 12.5 Å². The Hall–Kier alpha value is -2.67. The molecule has 2 aliphatic heterocycles. The van der Waals surface area contributed by atoms with Crippen LogP contribution in [0.3, 0.4) is 0 Å². The number of fused-ring (bicyclic) bond motifs is 1. The fourth-order valence-electron chi connectivity index (χ4n) is 3.80. The Labute approximate surface area is 157 Å². The summed E-state index contributed by atoms with van der Waals surface area (Å²) >= 11 is 0. The van der Waals surface area contributed by atoms with Gasteiger partial charge in [0.05, 0.1) is 18.8 Å². The van der Waals surface area contributed by atoms with E-state index in [4.69, 9.17) is 4.74 Å². The molecular formula is C20H23N3O4. The smallest absolute Gasteiger partial charge is 0.295 e. The van der Waals surface area contributed by atoms with E-state index in [0.717, 1.165) is 31.4 Å². The molecule has 7 nitrogen and oxygen atoms in total. The van der Waals surface area contributed by atoms with Crippen molar-refractivity contribution < 1.29 is 19.1 Å². The first-order valence-electron chi connectivity index (χ1n) is 9.42. The van der Waals surface area contributed by atoms with Crippen molar-refractivity contribution in [2.75, 3.05) is 39.4 Å². The minimum atomic E-state index is -0.527. The predicted octanol–water partition coefficient (Wildman–Crippen LogP) is 1.31. The molecule has 0 aliphatic carbocycles. The van der Waals surface area contributed by atoms with Gasteiger partial charge in [-0.3, -0.25) is 14.4 Å². The third-order valence-corrected chi connectivity index (χ3v) is 5.29. The average Bonchev–Trinajstić information content (AvgIpc) is 3.36. The molecule has 1 aromatic heterocycles. The van der Waals surface area contributed by atoms with E-state index in [1.54, 1.807) is 10.8 Å². The summed E-state index contributed by atoms with van der Waals surface area (Å²) in [5.41, 5.74) is 1.15. The summed E-state index contributed by atoms with van der Waals surface area (Å²) in [6.07, 6.45) is 3.73. The third kappa shape index (κ3) is 3.47. The predicted molar refractivity (Wildman–Crippen MR) is 99.5 cm³/mol. The van der Waals surface area contributed by atoms with Gasteiger partial charge in [-0.1, -0.05) is 18.2 Å². The van der Waals surface area contributed by atoms with E-state index < -0.39 is 11.7 Å². The highest BCUT2D eigenvalue weighted by Gasteiger charge is 2.28. The summed E-state index contributed by atoms with van der Waals surface area (Å²) in [5.74, 6) is -0.987. The number of para-hydroxylation sites is 1. The number of hydrogen-bond acceptors (Lipinski definition) is 4. The van der Waals surface area contributed by atoms with Gasteiger partial charge in [0.15, 0.2) is 0 Å². The molecule has 2 amide bonds. The molecule has 2 saturated heterocycles. The molecule has 0 saturated carbocycles. The molecule has 0 bridgehead atoms. The Balaban J connectivity index is 1.62. The van der Waals surface area contributed by atoms with Crippen molar-refractivity contribution in [2.24, 2.45) is 0 Å². The van der Waals surface area contributed by atoms with E-state index in [0.29, 0.717) is 37.3 Å². The Morgan fingerprint density at radius 3 is 2.37 bits per heavy atom. The molecule has 3 heterocycles. The van der Waals surface area contributed by atoms with Crippen molar-refractivity contribution >= 4 is 28.5 Å². The van der Waals surface area contributed by atoms with Crippen molar-refractivity contribution in [3.05, 3.63) is 36.0 Å². The molecule has 0 N–H and O–H groups in total. The minimum Gasteiger partial charge on any atom is -0.378 e. The van der Waals surface area contributed by atoms with Crippen molar-refractivity contribution in [2.45, 2.75) is 19.4 Å². The largest absolute Gasteiger partial charge is 0.378 e. The Morgan fingerprint density at radius 1 is 0.926 bits per heavy atom. The molecule has 1 aromatic carbocycles. The van der Waals surface area contributed by atoms with Crippen LogP contribution in [-0.4, -0.2) is 71.4 Å². The number of rotatable bonds is 4. The van der Waals surface area contributed by atoms with Crippen molar-refractivity contribution in [3.63, 3.8) is 0 Å². The van der Waals surface area contributed by atoms with Crippen LogP contribution in [-0.2, 0) is 20.9 Å². The normalized spacial score (nSPS) is 17.5. The topological polar surface area (TPSA) is 71.8 Å². The Bertz CT molecular complexity index is 876. The molecule has 2 fully saturated rings. The summed E-state index contributed by atoms with van der Waals surface area (Å²) in [4.78, 5) is 41.4. The second-order valence-electron chi connectivity index (χ2n) is 7.01. The highest BCUT2D eigenvalue weighted by atomic mass is 16.5. The lowest BCUT2D eigenvalue weighted by Crippen LogP contribution is -2.44. The van der Waals surface area contributed by atoms with E-state index in [9.17, 15) is 14.4 Å². The molecule has 4 rings (SSSR count). The van der Waals surface area contributed by atoms with Crippen LogP contribution in [0.1, 0.15) is 23.2 Å². The van der Waals surface area contributed by atoms with Crippen LogP contribution in [0.5, 0.6) is 0 Å². The molecule has 142 valence electrons. The summed E-state index contributed by atoms with van der Waals surface area (Å²) in [6, 6.07) is 7.41. The van der Waals surface area contributed by atoms with Crippen LogP contribution < -0.4 is 0 Å². The van der Waals surface area contributed by atoms with Gasteiger partial charge < -0.3 is 19.1 Å². The lowest BCUT2D eigenvalue weighted by atomic mass is 10.1. The van der Waals surface area contributed by atoms with Crippen LogP contribution >= 0.6 is 0 Å². The second-order valence-corrected chi connectivity index (χ2v) is 7.01. The quantitative estimate of drug-likeness (QED) is 0.602. The molecule has 2 aromatic rings. The summed E-state index contributed by atoms with van der Waals surface area (Å²) in [7, 11) is 0. The van der Waals surface area contributed by atoms with Crippen LogP contribution in [0.4, 0.5) is 0 Å². The Kier molecular flexibility index (Phi) is 4.94. The molecule has 0 atom stereocenters. The van der Waals surface area contributed by atoms with Crippen LogP contribution in [0.25, 0.3) is 10.9 Å². The van der Waals surface area contributed by atoms with Crippen LogP contribution in [0.2, 0.25) is 0 Å². The molecule has 0 unspecified atom stereocenters. The number of benzene rings is 1. The molecular weight excluding hydrogens is 346 g/mol. The van der Waals surface area contributed by atoms with Gasteiger partial charge in [-0.2, -0.15) is 0 Å². The zero-order valence-electron chi connectivity index (χ0n) is 15.2. The second kappa shape index (κ2) is 7.52. The van der Waals surface area contributed by atoms with E-state index in [2.05, 4.69) is 0 Å². The number of ether oxygens (including phenoxy) is 1. The summed E-state index contributed by atoms with van der Waals surface area (Å²) < 4.78 is 7.04. The first kappa shape index (κ1) is 17.7. The van der Waals surface area contributed by atoms with Gasteiger partial charge in [-0.05, 0) is 18.9 Å². The van der Waals surface area contributed by atoms with Crippen molar-refractivity contribution in [1.29, 1.82) is 0 Å². The number of ketones is 1. The van der Waals surface area contributed by atoms with Gasteiger partial charge in [0, 0.05) is 43.3 Å². The standard InChI is InChI=1S/C20H23N3O4/c24-18(21-7-3-4-8-21)14-23-13-16(15-5-1-2-6-17(15)23)19(25)20(26)22-9-11-27-12-10-22/h1-2,5-6,13H,3-4,7-12,14H2. The van der Waals surface area contributed by atoms with Gasteiger partial charge >= 0.3 is 0 Å². The number of Topliss-reactive ketones (excluding diaryl/α,β-unsaturated/α-hetero) is 1. The maximum absolute atomic E-state index is 12.9. The van der Waals surface area contributed by atoms with E-state index in [1.807, 2.05) is 29.2 Å². The zero-order valence-corrected chi connectivity index (χ0v) is 15.2. The molecule has 27 heavy (non-hydrogen) atoms. The van der Waals surface area contributed by atoms with E-state index >= 15 is 0 Å². The lowest BCUT2D eigenvalue weighted by Gasteiger charge is -2.25. The first-order chi connectivity index (χ1) is 13.1. The van der Waals surface area contributed by atoms with Crippen LogP contribution in [0, 0.1) is 0 Å². The highest BCUT2D eigenvalue weighted by Crippen LogP contribution is 2.23. The summed E-state index contributed by atoms with van der Waals surface area (Å²) in [6.45, 7) is 3.52. The number of carbonyl (C=O) groups excluding carboxylic acids is 3. The van der Waals surface area contributed by atoms with Crippen molar-refractivity contribution in [1.82, 2.24) is 14.4 Å². The SMILES string of the molecule is O=C(C(=O)N1CCOCC1)c1cn(CC(=O)N2CCCC2)c2ccccc12. The molecule has 0 radical (unpaired) electrons. The van der Waals surface area contributed by atoms with Gasteiger partial charge in [0.1, 0.15) is 6.54 Å². The van der Waals surface area contributed by atoms with Gasteiger partial charge in [-0.15, -0.1) is 0 Å². The maximum atomic E-state index is 12.9. The fraction of sp³-hybridized carbons (Fsp3) is 0.450. The maximum Gasteiger partial charge on any atom is 0.295 e. The highest BCUT2D eigenvalue weighted by molar-refractivity contribution is 6.44. The zero-order chi connectivity index (χ0) is 18.8. The van der Waals surface area contributed by atoms with Gasteiger partial charge in [0.25, 0.3) is 11.7 Å². The first-order valence-corrected chi connectivity index (χ1v) is 9.42. The van der Waals surface area contributed by atoms with Crippen molar-refractivity contribution in [3.8, 4) is 0 Å². The van der Waals surface area contributed by atoms with Gasteiger partial charge in [-0.25, -0.2) is 0 Å². The number of amides is 2. The molecule has 2 aliphatic rings. The summed E-state index contributed by atoms with van der Waals surface area (Å²) in [5, 5.41) is 0.707. The lowest BCUT2D eigenvalue weighted by molar-refractivity contribution is -0.131. The Morgan fingerprint density at radius 2 is 1.63 bits per heavy atom. The fourth-order valence-corrected chi connectivity index (χ4v) is 3.80. The number of morpholine rings is 1. The molecule has 7 heteroatoms. The average molecular weight is 369 g/mol. The monoisotopic (exact) mass is 369 g/mol. The number of likely N-dealkylation sites (tertiary alicyclic amines) is 1.